The highest BCUT2D eigenvalue weighted by Gasteiger charge is 2.12. The van der Waals surface area contributed by atoms with Crippen LogP contribution in [0.2, 0.25) is 0 Å². The molecule has 1 aromatic rings. The minimum atomic E-state index is 0.285. The lowest BCUT2D eigenvalue weighted by Gasteiger charge is -2.18. The lowest BCUT2D eigenvalue weighted by atomic mass is 10.1. The molecule has 0 aliphatic heterocycles. The summed E-state index contributed by atoms with van der Waals surface area (Å²) in [4.78, 5) is 0. The van der Waals surface area contributed by atoms with Crippen molar-refractivity contribution in [1.29, 1.82) is 0 Å². The highest BCUT2D eigenvalue weighted by atomic mass is 79.9. The monoisotopic (exact) mass is 291 g/mol. The van der Waals surface area contributed by atoms with Crippen molar-refractivity contribution >= 4 is 27.3 Å². The fourth-order valence-corrected chi connectivity index (χ4v) is 2.54. The van der Waals surface area contributed by atoms with Crippen LogP contribution in [0.1, 0.15) is 32.4 Å². The van der Waals surface area contributed by atoms with Gasteiger partial charge in [0.05, 0.1) is 22.5 Å². The smallest absolute Gasteiger partial charge is 0.0701 e. The van der Waals surface area contributed by atoms with Gasteiger partial charge in [0.1, 0.15) is 0 Å². The molecule has 0 fully saturated rings. The SMILES string of the molecule is CCNC(COC(C)C)c1csc(Br)c1. The van der Waals surface area contributed by atoms with E-state index in [0.717, 1.165) is 13.2 Å². The van der Waals surface area contributed by atoms with E-state index in [0.29, 0.717) is 6.04 Å². The van der Waals surface area contributed by atoms with Gasteiger partial charge in [0, 0.05) is 0 Å². The number of hydrogen-bond donors (Lipinski definition) is 1. The maximum absolute atomic E-state index is 5.65. The minimum absolute atomic E-state index is 0.285. The molecule has 1 N–H and O–H groups in total. The van der Waals surface area contributed by atoms with Crippen molar-refractivity contribution in [3.63, 3.8) is 0 Å². The highest BCUT2D eigenvalue weighted by molar-refractivity contribution is 9.11. The van der Waals surface area contributed by atoms with Crippen LogP contribution in [-0.4, -0.2) is 19.3 Å². The molecule has 1 atom stereocenters. The van der Waals surface area contributed by atoms with Crippen molar-refractivity contribution in [2.45, 2.75) is 32.9 Å². The molecule has 0 spiro atoms. The minimum Gasteiger partial charge on any atom is -0.377 e. The van der Waals surface area contributed by atoms with Gasteiger partial charge in [-0.25, -0.2) is 0 Å². The molecule has 0 radical (unpaired) electrons. The number of thiophene rings is 1. The van der Waals surface area contributed by atoms with Gasteiger partial charge in [-0.1, -0.05) is 6.92 Å². The van der Waals surface area contributed by atoms with Crippen LogP contribution in [-0.2, 0) is 4.74 Å². The normalized spacial score (nSPS) is 13.4. The number of nitrogens with one attached hydrogen (secondary N) is 1. The first-order chi connectivity index (χ1) is 7.13. The van der Waals surface area contributed by atoms with Gasteiger partial charge >= 0.3 is 0 Å². The molecule has 0 aliphatic carbocycles. The Morgan fingerprint density at radius 3 is 2.73 bits per heavy atom. The fraction of sp³-hybridized carbons (Fsp3) is 0.636. The van der Waals surface area contributed by atoms with Crippen LogP contribution in [0.25, 0.3) is 0 Å². The number of ether oxygens (including phenoxy) is 1. The molecule has 1 rings (SSSR count). The molecule has 2 nitrogen and oxygen atoms in total. The first kappa shape index (κ1) is 13.2. The number of halogens is 1. The number of hydrogen-bond acceptors (Lipinski definition) is 3. The second kappa shape index (κ2) is 6.63. The average molecular weight is 292 g/mol. The summed E-state index contributed by atoms with van der Waals surface area (Å²) in [5.41, 5.74) is 1.30. The van der Waals surface area contributed by atoms with Crippen molar-refractivity contribution in [2.24, 2.45) is 0 Å². The van der Waals surface area contributed by atoms with Crippen LogP contribution in [0.5, 0.6) is 0 Å². The summed E-state index contributed by atoms with van der Waals surface area (Å²) in [6.45, 7) is 7.93. The van der Waals surface area contributed by atoms with Crippen LogP contribution in [0, 0.1) is 0 Å². The first-order valence-electron chi connectivity index (χ1n) is 5.22. The average Bonchev–Trinajstić information content (AvgIpc) is 2.59. The molecule has 0 aliphatic rings. The van der Waals surface area contributed by atoms with Gasteiger partial charge in [0.25, 0.3) is 0 Å². The van der Waals surface area contributed by atoms with Crippen LogP contribution in [0.4, 0.5) is 0 Å². The Labute approximate surface area is 104 Å². The first-order valence-corrected chi connectivity index (χ1v) is 6.89. The molecule has 15 heavy (non-hydrogen) atoms. The van der Waals surface area contributed by atoms with Crippen LogP contribution in [0.3, 0.4) is 0 Å². The maximum Gasteiger partial charge on any atom is 0.0701 e. The van der Waals surface area contributed by atoms with E-state index in [-0.39, 0.29) is 6.10 Å². The lowest BCUT2D eigenvalue weighted by molar-refractivity contribution is 0.0615. The van der Waals surface area contributed by atoms with Crippen molar-refractivity contribution in [1.82, 2.24) is 5.32 Å². The third kappa shape index (κ3) is 4.64. The zero-order valence-electron chi connectivity index (χ0n) is 9.42. The van der Waals surface area contributed by atoms with Crippen LogP contribution >= 0.6 is 27.3 Å². The van der Waals surface area contributed by atoms with Gasteiger partial charge in [0.15, 0.2) is 0 Å². The van der Waals surface area contributed by atoms with Gasteiger partial charge in [-0.3, -0.25) is 0 Å². The van der Waals surface area contributed by atoms with Gasteiger partial charge in [0.2, 0.25) is 0 Å². The maximum atomic E-state index is 5.65. The largest absolute Gasteiger partial charge is 0.377 e. The molecule has 0 saturated heterocycles. The summed E-state index contributed by atoms with van der Waals surface area (Å²) in [6, 6.07) is 2.46. The van der Waals surface area contributed by atoms with E-state index in [2.05, 4.69) is 53.5 Å². The summed E-state index contributed by atoms with van der Waals surface area (Å²) in [5, 5.41) is 5.60. The molecule has 86 valence electrons. The predicted octanol–water partition coefficient (Wildman–Crippen LogP) is 3.59. The summed E-state index contributed by atoms with van der Waals surface area (Å²) in [7, 11) is 0. The van der Waals surface area contributed by atoms with E-state index in [9.17, 15) is 0 Å². The van der Waals surface area contributed by atoms with Gasteiger partial charge in [-0.15, -0.1) is 11.3 Å². The summed E-state index contributed by atoms with van der Waals surface area (Å²) < 4.78 is 6.82. The fourth-order valence-electron chi connectivity index (χ4n) is 1.31. The Bertz CT molecular complexity index is 288. The molecule has 1 unspecified atom stereocenters. The van der Waals surface area contributed by atoms with Gasteiger partial charge < -0.3 is 10.1 Å². The molecule has 0 saturated carbocycles. The summed E-state index contributed by atoms with van der Waals surface area (Å²) >= 11 is 5.20. The quantitative estimate of drug-likeness (QED) is 0.865. The molecule has 4 heteroatoms. The third-order valence-electron chi connectivity index (χ3n) is 2.04. The zero-order valence-corrected chi connectivity index (χ0v) is 11.8. The standard InChI is InChI=1S/C11H18BrNOS/c1-4-13-10(6-14-8(2)3)9-5-11(12)15-7-9/h5,7-8,10,13H,4,6H2,1-3H3. The highest BCUT2D eigenvalue weighted by Crippen LogP contribution is 2.25. The predicted molar refractivity (Wildman–Crippen MR) is 69.5 cm³/mol. The van der Waals surface area contributed by atoms with Gasteiger partial charge in [-0.2, -0.15) is 0 Å². The number of rotatable bonds is 6. The Hall–Kier alpha value is 0.100. The van der Waals surface area contributed by atoms with Crippen LogP contribution in [0.15, 0.2) is 15.2 Å². The van der Waals surface area contributed by atoms with Crippen molar-refractivity contribution in [3.8, 4) is 0 Å². The molecular weight excluding hydrogens is 274 g/mol. The Morgan fingerprint density at radius 1 is 1.53 bits per heavy atom. The Kier molecular flexibility index (Phi) is 5.82. The van der Waals surface area contributed by atoms with E-state index < -0.39 is 0 Å². The van der Waals surface area contributed by atoms with Crippen LogP contribution < -0.4 is 5.32 Å². The molecule has 0 aromatic carbocycles. The Balaban J connectivity index is 2.57. The molecular formula is C11H18BrNOS. The molecule has 0 bridgehead atoms. The second-order valence-electron chi connectivity index (χ2n) is 3.68. The zero-order chi connectivity index (χ0) is 11.3. The Morgan fingerprint density at radius 2 is 2.27 bits per heavy atom. The lowest BCUT2D eigenvalue weighted by Crippen LogP contribution is -2.26. The van der Waals surface area contributed by atoms with E-state index in [1.807, 2.05) is 0 Å². The summed E-state index contributed by atoms with van der Waals surface area (Å²) in [5.74, 6) is 0. The van der Waals surface area contributed by atoms with E-state index in [4.69, 9.17) is 4.74 Å². The van der Waals surface area contributed by atoms with E-state index >= 15 is 0 Å². The molecule has 0 amide bonds. The van der Waals surface area contributed by atoms with Crippen molar-refractivity contribution in [3.05, 3.63) is 20.8 Å². The second-order valence-corrected chi connectivity index (χ2v) is 5.97. The topological polar surface area (TPSA) is 21.3 Å². The third-order valence-corrected chi connectivity index (χ3v) is 3.56. The molecule has 1 aromatic heterocycles. The van der Waals surface area contributed by atoms with Crippen molar-refractivity contribution < 1.29 is 4.74 Å². The van der Waals surface area contributed by atoms with Crippen molar-refractivity contribution in [2.75, 3.05) is 13.2 Å². The number of likely N-dealkylation sites (N-methyl/N-ethyl adjacent to an activating group) is 1. The van der Waals surface area contributed by atoms with E-state index in [1.165, 1.54) is 9.35 Å². The van der Waals surface area contributed by atoms with E-state index in [1.54, 1.807) is 11.3 Å². The van der Waals surface area contributed by atoms with Gasteiger partial charge in [-0.05, 0) is 53.3 Å². The summed E-state index contributed by atoms with van der Waals surface area (Å²) in [6.07, 6.45) is 0.285. The molecule has 1 heterocycles.